The molecule has 0 spiro atoms. The summed E-state index contributed by atoms with van der Waals surface area (Å²) in [5, 5.41) is 19.4. The van der Waals surface area contributed by atoms with Gasteiger partial charge in [-0.05, 0) is 31.6 Å². The molecule has 2 N–H and O–H groups in total. The molecule has 0 heterocycles. The summed E-state index contributed by atoms with van der Waals surface area (Å²) in [6.45, 7) is 8.83. The van der Waals surface area contributed by atoms with Crippen molar-refractivity contribution in [1.29, 1.82) is 0 Å². The Kier molecular flexibility index (Phi) is 11.0. The summed E-state index contributed by atoms with van der Waals surface area (Å²) in [7, 11) is 0. The highest BCUT2D eigenvalue weighted by Crippen LogP contribution is 2.36. The number of hydrogen-bond acceptors (Lipinski definition) is 7. The van der Waals surface area contributed by atoms with Crippen LogP contribution < -0.4 is 0 Å². The van der Waals surface area contributed by atoms with Gasteiger partial charge in [0.2, 0.25) is 0 Å². The summed E-state index contributed by atoms with van der Waals surface area (Å²) >= 11 is 0. The van der Waals surface area contributed by atoms with Crippen molar-refractivity contribution < 1.29 is 38.9 Å². The smallest absolute Gasteiger partial charge is 0.346 e. The van der Waals surface area contributed by atoms with E-state index in [4.69, 9.17) is 9.84 Å². The first-order chi connectivity index (χ1) is 13.0. The Morgan fingerprint density at radius 3 is 1.96 bits per heavy atom. The fraction of sp³-hybridized carbons (Fsp3) is 0.800. The molecule has 8 nitrogen and oxygen atoms in total. The highest BCUT2D eigenvalue weighted by molar-refractivity contribution is 5.94. The van der Waals surface area contributed by atoms with Gasteiger partial charge in [0.15, 0.2) is 5.60 Å². The minimum absolute atomic E-state index is 0.100. The molecule has 0 aromatic carbocycles. The number of hydrogen-bond donors (Lipinski definition) is 2. The molecule has 0 bridgehead atoms. The van der Waals surface area contributed by atoms with Crippen LogP contribution in [0.1, 0.15) is 86.0 Å². The molecule has 0 saturated heterocycles. The largest absolute Gasteiger partial charge is 0.481 e. The molecule has 0 amide bonds. The number of ether oxygens (including phenoxy) is 2. The lowest BCUT2D eigenvalue weighted by Gasteiger charge is -2.39. The average Bonchev–Trinajstić information content (AvgIpc) is 2.59. The van der Waals surface area contributed by atoms with E-state index in [1.165, 1.54) is 0 Å². The number of rotatable bonds is 13. The van der Waals surface area contributed by atoms with Crippen LogP contribution in [0.4, 0.5) is 0 Å². The second-order valence-corrected chi connectivity index (χ2v) is 7.15. The van der Waals surface area contributed by atoms with Gasteiger partial charge in [-0.25, -0.2) is 4.79 Å². The summed E-state index contributed by atoms with van der Waals surface area (Å²) in [4.78, 5) is 46.7. The van der Waals surface area contributed by atoms with Crippen LogP contribution >= 0.6 is 0 Å². The van der Waals surface area contributed by atoms with E-state index in [0.717, 1.165) is 32.6 Å². The lowest BCUT2D eigenvalue weighted by Crippen LogP contribution is -2.48. The second-order valence-electron chi connectivity index (χ2n) is 7.15. The normalized spacial score (nSPS) is 14.6. The van der Waals surface area contributed by atoms with Crippen molar-refractivity contribution in [2.75, 3.05) is 0 Å². The molecule has 162 valence electrons. The number of carbonyl (C=O) groups excluding carboxylic acids is 3. The predicted molar refractivity (Wildman–Crippen MR) is 101 cm³/mol. The van der Waals surface area contributed by atoms with E-state index < -0.39 is 47.9 Å². The van der Waals surface area contributed by atoms with Crippen LogP contribution in [0.2, 0.25) is 0 Å². The Labute approximate surface area is 166 Å². The van der Waals surface area contributed by atoms with E-state index in [1.807, 2.05) is 20.8 Å². The molecule has 0 radical (unpaired) electrons. The van der Waals surface area contributed by atoms with Crippen molar-refractivity contribution in [3.8, 4) is 0 Å². The van der Waals surface area contributed by atoms with Gasteiger partial charge in [-0.15, -0.1) is 0 Å². The third kappa shape index (κ3) is 7.58. The zero-order valence-corrected chi connectivity index (χ0v) is 17.6. The Morgan fingerprint density at radius 1 is 1.00 bits per heavy atom. The Bertz CT molecular complexity index is 552. The molecule has 0 aromatic rings. The molecular formula is C20H34O8. The molecular weight excluding hydrogens is 368 g/mol. The van der Waals surface area contributed by atoms with E-state index >= 15 is 0 Å². The second kappa shape index (κ2) is 11.8. The van der Waals surface area contributed by atoms with Gasteiger partial charge in [0.25, 0.3) is 0 Å². The highest BCUT2D eigenvalue weighted by atomic mass is 16.6. The van der Waals surface area contributed by atoms with Crippen molar-refractivity contribution >= 4 is 23.9 Å². The van der Waals surface area contributed by atoms with Crippen molar-refractivity contribution in [2.24, 2.45) is 5.92 Å². The number of esters is 3. The van der Waals surface area contributed by atoms with Gasteiger partial charge < -0.3 is 19.7 Å². The van der Waals surface area contributed by atoms with Gasteiger partial charge in [0.05, 0.1) is 12.8 Å². The number of carboxylic acids is 1. The van der Waals surface area contributed by atoms with Crippen LogP contribution in [-0.4, -0.2) is 45.3 Å². The van der Waals surface area contributed by atoms with Gasteiger partial charge in [-0.2, -0.15) is 0 Å². The lowest BCUT2D eigenvalue weighted by molar-refractivity contribution is -0.187. The van der Waals surface area contributed by atoms with Gasteiger partial charge >= 0.3 is 23.9 Å². The summed E-state index contributed by atoms with van der Waals surface area (Å²) < 4.78 is 10.1. The molecule has 0 unspecified atom stereocenters. The lowest BCUT2D eigenvalue weighted by atomic mass is 9.78. The number of carboxylic acid groups (broad SMARTS) is 1. The first kappa shape index (κ1) is 26.0. The minimum Gasteiger partial charge on any atom is -0.481 e. The third-order valence-electron chi connectivity index (χ3n) is 5.15. The van der Waals surface area contributed by atoms with E-state index in [2.05, 4.69) is 11.7 Å². The summed E-state index contributed by atoms with van der Waals surface area (Å²) in [6.07, 6.45) is 2.76. The van der Waals surface area contributed by atoms with E-state index in [1.54, 1.807) is 0 Å². The molecule has 0 rings (SSSR count). The van der Waals surface area contributed by atoms with Crippen LogP contribution in [-0.2, 0) is 28.7 Å². The average molecular weight is 402 g/mol. The molecule has 0 aromatic heterocycles. The van der Waals surface area contributed by atoms with Crippen LogP contribution in [0.25, 0.3) is 0 Å². The standard InChI is InChI=1S/C20H34O8/c1-6-10-11-15(7-2)20(8-3,9-4)28-17(24)13-19(26,12-16(22)23)18(25)27-14(5)21/h15,26H,6-13H2,1-5H3,(H,22,23)/t15-,19-/m0/s1. The van der Waals surface area contributed by atoms with E-state index in [9.17, 15) is 24.3 Å². The maximum absolute atomic E-state index is 12.6. The topological polar surface area (TPSA) is 127 Å². The minimum atomic E-state index is -2.67. The Morgan fingerprint density at radius 2 is 1.57 bits per heavy atom. The van der Waals surface area contributed by atoms with Gasteiger partial charge in [0, 0.05) is 6.92 Å². The summed E-state index contributed by atoms with van der Waals surface area (Å²) in [6, 6.07) is 0. The highest BCUT2D eigenvalue weighted by Gasteiger charge is 2.46. The fourth-order valence-corrected chi connectivity index (χ4v) is 3.53. The molecule has 0 aliphatic heterocycles. The van der Waals surface area contributed by atoms with Crippen molar-refractivity contribution in [3.63, 3.8) is 0 Å². The molecule has 0 fully saturated rings. The number of aliphatic hydroxyl groups is 1. The van der Waals surface area contributed by atoms with E-state index in [0.29, 0.717) is 12.8 Å². The van der Waals surface area contributed by atoms with Gasteiger partial charge in [-0.3, -0.25) is 14.4 Å². The quantitative estimate of drug-likeness (QED) is 0.355. The van der Waals surface area contributed by atoms with Crippen LogP contribution in [0.3, 0.4) is 0 Å². The van der Waals surface area contributed by atoms with Crippen LogP contribution in [0.15, 0.2) is 0 Å². The van der Waals surface area contributed by atoms with E-state index in [-0.39, 0.29) is 5.92 Å². The van der Waals surface area contributed by atoms with Crippen LogP contribution in [0, 0.1) is 5.92 Å². The first-order valence-electron chi connectivity index (χ1n) is 9.89. The summed E-state index contributed by atoms with van der Waals surface area (Å²) in [5.74, 6) is -4.80. The third-order valence-corrected chi connectivity index (χ3v) is 5.15. The first-order valence-corrected chi connectivity index (χ1v) is 9.89. The SMILES string of the molecule is CCCC[C@H](CC)C(CC)(CC)OC(=O)C[C@@](O)(CC(=O)O)C(=O)OC(C)=O. The number of aliphatic carboxylic acids is 1. The number of unbranched alkanes of at least 4 members (excludes halogenated alkanes) is 1. The molecule has 28 heavy (non-hydrogen) atoms. The van der Waals surface area contributed by atoms with Crippen LogP contribution in [0.5, 0.6) is 0 Å². The molecule has 2 atom stereocenters. The van der Waals surface area contributed by atoms with Crippen molar-refractivity contribution in [1.82, 2.24) is 0 Å². The van der Waals surface area contributed by atoms with Gasteiger partial charge in [0.1, 0.15) is 5.60 Å². The Balaban J connectivity index is 5.54. The summed E-state index contributed by atoms with van der Waals surface area (Å²) in [5.41, 5.74) is -3.44. The van der Waals surface area contributed by atoms with Gasteiger partial charge in [-0.1, -0.05) is 40.5 Å². The molecule has 8 heteroatoms. The maximum Gasteiger partial charge on any atom is 0.346 e. The van der Waals surface area contributed by atoms with Crippen molar-refractivity contribution in [3.05, 3.63) is 0 Å². The maximum atomic E-state index is 12.6. The fourth-order valence-electron chi connectivity index (χ4n) is 3.53. The molecule has 0 saturated carbocycles. The zero-order valence-electron chi connectivity index (χ0n) is 17.6. The predicted octanol–water partition coefficient (Wildman–Crippen LogP) is 2.99. The Hall–Kier alpha value is -1.96. The molecule has 0 aliphatic carbocycles. The zero-order chi connectivity index (χ0) is 22.0. The van der Waals surface area contributed by atoms with Crippen molar-refractivity contribution in [2.45, 2.75) is 97.2 Å². The number of carbonyl (C=O) groups is 4. The molecule has 0 aliphatic rings. The monoisotopic (exact) mass is 402 g/mol.